The molecule has 1 aliphatic carbocycles. The fraction of sp³-hybridized carbons (Fsp3) is 0.357. The molecule has 5 heteroatoms. The minimum atomic E-state index is 0.386. The van der Waals surface area contributed by atoms with Crippen LogP contribution in [0.25, 0.3) is 0 Å². The van der Waals surface area contributed by atoms with Crippen molar-refractivity contribution in [2.24, 2.45) is 0 Å². The molecule has 0 amide bonds. The average Bonchev–Trinajstić information content (AvgIpc) is 3.13. The summed E-state index contributed by atoms with van der Waals surface area (Å²) in [6.45, 7) is 1.21. The summed E-state index contributed by atoms with van der Waals surface area (Å²) in [6.07, 6.45) is 7.46. The summed E-state index contributed by atoms with van der Waals surface area (Å²) in [6, 6.07) is 4.39. The van der Waals surface area contributed by atoms with E-state index in [1.807, 2.05) is 6.07 Å². The minimum absolute atomic E-state index is 0.386. The van der Waals surface area contributed by atoms with Crippen LogP contribution in [0.2, 0.25) is 5.02 Å². The van der Waals surface area contributed by atoms with Crippen molar-refractivity contribution >= 4 is 11.6 Å². The lowest BCUT2D eigenvalue weighted by molar-refractivity contribution is 0.267. The Morgan fingerprint density at radius 1 is 1.42 bits per heavy atom. The Bertz CT molecular complexity index is 552. The van der Waals surface area contributed by atoms with Gasteiger partial charge in [-0.3, -0.25) is 4.98 Å². The highest BCUT2D eigenvalue weighted by Gasteiger charge is 2.20. The Hall–Kier alpha value is -1.52. The molecule has 0 aliphatic heterocycles. The summed E-state index contributed by atoms with van der Waals surface area (Å²) in [5.41, 5.74) is 1.14. The molecule has 0 saturated heterocycles. The Balaban J connectivity index is 1.58. The number of aromatic nitrogens is 1. The van der Waals surface area contributed by atoms with Gasteiger partial charge in [-0.1, -0.05) is 11.6 Å². The summed E-state index contributed by atoms with van der Waals surface area (Å²) in [7, 11) is 0. The molecule has 4 nitrogen and oxygen atoms in total. The van der Waals surface area contributed by atoms with Gasteiger partial charge in [0.2, 0.25) is 0 Å². The van der Waals surface area contributed by atoms with E-state index in [1.165, 1.54) is 12.8 Å². The van der Waals surface area contributed by atoms with E-state index in [4.69, 9.17) is 20.8 Å². The van der Waals surface area contributed by atoms with Crippen molar-refractivity contribution in [1.82, 2.24) is 10.3 Å². The van der Waals surface area contributed by atoms with E-state index in [2.05, 4.69) is 10.3 Å². The van der Waals surface area contributed by atoms with Gasteiger partial charge in [-0.05, 0) is 18.9 Å². The van der Waals surface area contributed by atoms with E-state index < -0.39 is 0 Å². The smallest absolute Gasteiger partial charge is 0.146 e. The van der Waals surface area contributed by atoms with Gasteiger partial charge in [0.1, 0.15) is 18.1 Å². The zero-order chi connectivity index (χ0) is 13.1. The van der Waals surface area contributed by atoms with Crippen LogP contribution in [-0.4, -0.2) is 11.0 Å². The summed E-state index contributed by atoms with van der Waals surface area (Å²) in [5, 5.41) is 4.02. The molecule has 3 rings (SSSR count). The Morgan fingerprint density at radius 2 is 2.32 bits per heavy atom. The molecule has 0 aromatic carbocycles. The average molecular weight is 279 g/mol. The topological polar surface area (TPSA) is 47.3 Å². The molecule has 1 aliphatic rings. The number of pyridine rings is 1. The highest BCUT2D eigenvalue weighted by atomic mass is 35.5. The van der Waals surface area contributed by atoms with Crippen LogP contribution in [0.1, 0.15) is 24.2 Å². The van der Waals surface area contributed by atoms with Crippen molar-refractivity contribution < 1.29 is 9.15 Å². The molecular weight excluding hydrogens is 264 g/mol. The van der Waals surface area contributed by atoms with E-state index >= 15 is 0 Å². The van der Waals surface area contributed by atoms with Crippen molar-refractivity contribution in [3.8, 4) is 5.75 Å². The van der Waals surface area contributed by atoms with Gasteiger partial charge in [-0.25, -0.2) is 0 Å². The van der Waals surface area contributed by atoms with Crippen LogP contribution >= 0.6 is 11.6 Å². The predicted molar refractivity (Wildman–Crippen MR) is 72.1 cm³/mol. The number of nitrogens with one attached hydrogen (secondary N) is 1. The molecule has 100 valence electrons. The van der Waals surface area contributed by atoms with E-state index in [0.717, 1.165) is 17.9 Å². The molecule has 0 atom stereocenters. The number of ether oxygens (including phenoxy) is 1. The fourth-order valence-electron chi connectivity index (χ4n) is 1.81. The fourth-order valence-corrected chi connectivity index (χ4v) is 1.98. The lowest BCUT2D eigenvalue weighted by atomic mass is 10.2. The number of furan rings is 1. The van der Waals surface area contributed by atoms with Crippen LogP contribution in [0.3, 0.4) is 0 Å². The van der Waals surface area contributed by atoms with Crippen molar-refractivity contribution in [2.75, 3.05) is 0 Å². The molecule has 2 heterocycles. The largest absolute Gasteiger partial charge is 0.484 e. The summed E-state index contributed by atoms with van der Waals surface area (Å²) in [5.74, 6) is 1.48. The van der Waals surface area contributed by atoms with Gasteiger partial charge < -0.3 is 14.5 Å². The van der Waals surface area contributed by atoms with Gasteiger partial charge >= 0.3 is 0 Å². The van der Waals surface area contributed by atoms with Gasteiger partial charge in [0.15, 0.2) is 0 Å². The summed E-state index contributed by atoms with van der Waals surface area (Å²) in [4.78, 5) is 3.97. The van der Waals surface area contributed by atoms with Crippen LogP contribution in [0, 0.1) is 0 Å². The number of hydrogen-bond acceptors (Lipinski definition) is 4. The maximum absolute atomic E-state index is 5.85. The zero-order valence-corrected chi connectivity index (χ0v) is 11.2. The molecular formula is C14H15ClN2O2. The van der Waals surface area contributed by atoms with Crippen molar-refractivity contribution in [1.29, 1.82) is 0 Å². The molecule has 1 N–H and O–H groups in total. The maximum atomic E-state index is 5.85. The zero-order valence-electron chi connectivity index (χ0n) is 10.4. The molecule has 0 radical (unpaired) electrons. The van der Waals surface area contributed by atoms with Crippen molar-refractivity contribution in [3.05, 3.63) is 47.1 Å². The molecule has 0 bridgehead atoms. The molecule has 1 saturated carbocycles. The number of halogens is 1. The van der Waals surface area contributed by atoms with Gasteiger partial charge in [-0.2, -0.15) is 0 Å². The first-order chi connectivity index (χ1) is 9.31. The Kier molecular flexibility index (Phi) is 3.71. The third kappa shape index (κ3) is 3.49. The molecule has 2 aromatic rings. The third-order valence-electron chi connectivity index (χ3n) is 3.05. The van der Waals surface area contributed by atoms with Crippen LogP contribution in [0.4, 0.5) is 0 Å². The first kappa shape index (κ1) is 12.5. The van der Waals surface area contributed by atoms with E-state index in [9.17, 15) is 0 Å². The first-order valence-electron chi connectivity index (χ1n) is 6.33. The first-order valence-corrected chi connectivity index (χ1v) is 6.71. The lowest BCUT2D eigenvalue weighted by Gasteiger charge is -2.06. The highest BCUT2D eigenvalue weighted by molar-refractivity contribution is 6.30. The molecule has 2 aromatic heterocycles. The van der Waals surface area contributed by atoms with E-state index in [0.29, 0.717) is 23.4 Å². The SMILES string of the molecule is Clc1cncc(OCc2occc2CNC2CC2)c1. The summed E-state index contributed by atoms with van der Waals surface area (Å²) < 4.78 is 11.1. The molecule has 1 fully saturated rings. The highest BCUT2D eigenvalue weighted by Crippen LogP contribution is 2.21. The van der Waals surface area contributed by atoms with Gasteiger partial charge in [0.25, 0.3) is 0 Å². The van der Waals surface area contributed by atoms with E-state index in [1.54, 1.807) is 24.7 Å². The second-order valence-electron chi connectivity index (χ2n) is 4.65. The third-order valence-corrected chi connectivity index (χ3v) is 3.25. The van der Waals surface area contributed by atoms with Crippen LogP contribution in [0.5, 0.6) is 5.75 Å². The minimum Gasteiger partial charge on any atom is -0.484 e. The number of rotatable bonds is 6. The van der Waals surface area contributed by atoms with Crippen molar-refractivity contribution in [3.63, 3.8) is 0 Å². The Labute approximate surface area is 116 Å². The number of nitrogens with zero attached hydrogens (tertiary/aromatic N) is 1. The monoisotopic (exact) mass is 278 g/mol. The second-order valence-corrected chi connectivity index (χ2v) is 5.09. The van der Waals surface area contributed by atoms with Gasteiger partial charge in [0.05, 0.1) is 17.5 Å². The molecule has 0 unspecified atom stereocenters. The number of hydrogen-bond donors (Lipinski definition) is 1. The standard InChI is InChI=1S/C14H15ClN2O2/c15-11-5-13(8-16-7-11)19-9-14-10(3-4-18-14)6-17-12-1-2-12/h3-5,7-8,12,17H,1-2,6,9H2. The normalized spacial score (nSPS) is 14.6. The van der Waals surface area contributed by atoms with Crippen LogP contribution < -0.4 is 10.1 Å². The Morgan fingerprint density at radius 3 is 3.11 bits per heavy atom. The van der Waals surface area contributed by atoms with Gasteiger partial charge in [-0.15, -0.1) is 0 Å². The van der Waals surface area contributed by atoms with Gasteiger partial charge in [0, 0.05) is 30.4 Å². The molecule has 19 heavy (non-hydrogen) atoms. The summed E-state index contributed by atoms with van der Waals surface area (Å²) >= 11 is 5.85. The quantitative estimate of drug-likeness (QED) is 0.882. The lowest BCUT2D eigenvalue weighted by Crippen LogP contribution is -2.16. The van der Waals surface area contributed by atoms with Crippen LogP contribution in [0.15, 0.2) is 35.2 Å². The van der Waals surface area contributed by atoms with Crippen molar-refractivity contribution in [2.45, 2.75) is 32.0 Å². The second kappa shape index (κ2) is 5.63. The predicted octanol–water partition coefficient (Wildman–Crippen LogP) is 3.16. The molecule has 0 spiro atoms. The van der Waals surface area contributed by atoms with E-state index in [-0.39, 0.29) is 0 Å². The maximum Gasteiger partial charge on any atom is 0.146 e. The van der Waals surface area contributed by atoms with Crippen LogP contribution in [-0.2, 0) is 13.2 Å².